The van der Waals surface area contributed by atoms with Crippen LogP contribution < -0.4 is 5.69 Å². The van der Waals surface area contributed by atoms with Gasteiger partial charge in [-0.2, -0.15) is 4.98 Å². The molecule has 2 aromatic heterocycles. The van der Waals surface area contributed by atoms with E-state index in [0.29, 0.717) is 29.9 Å². The van der Waals surface area contributed by atoms with Crippen LogP contribution in [0.15, 0.2) is 11.0 Å². The maximum Gasteiger partial charge on any atom is 0.330 e. The van der Waals surface area contributed by atoms with Crippen molar-refractivity contribution in [2.24, 2.45) is 24.8 Å². The van der Waals surface area contributed by atoms with Crippen LogP contribution in [0.2, 0.25) is 5.28 Å². The van der Waals surface area contributed by atoms with Crippen LogP contribution >= 0.6 is 11.6 Å². The highest BCUT2D eigenvalue weighted by molar-refractivity contribution is 6.28. The van der Waals surface area contributed by atoms with Gasteiger partial charge in [0.2, 0.25) is 5.28 Å². The van der Waals surface area contributed by atoms with Gasteiger partial charge in [0.1, 0.15) is 13.4 Å². The molecule has 1 N–H and O–H groups in total. The van der Waals surface area contributed by atoms with Crippen LogP contribution in [-0.4, -0.2) is 37.6 Å². The van der Waals surface area contributed by atoms with Gasteiger partial charge in [-0.25, -0.2) is 9.78 Å². The van der Waals surface area contributed by atoms with Crippen molar-refractivity contribution in [1.29, 1.82) is 0 Å². The monoisotopic (exact) mass is 344 g/mol. The molecule has 0 amide bonds. The molecule has 4 aliphatic rings. The molecule has 4 bridgehead atoms. The lowest BCUT2D eigenvalue weighted by molar-refractivity contribution is -0.151. The van der Waals surface area contributed by atoms with Crippen LogP contribution in [-0.2, 0) is 12.6 Å². The molecule has 2 unspecified atom stereocenters. The highest BCUT2D eigenvalue weighted by atomic mass is 35.5. The van der Waals surface area contributed by atoms with Crippen molar-refractivity contribution in [2.45, 2.75) is 43.1 Å². The maximum atomic E-state index is 13.0. The molecule has 2 atom stereocenters. The first-order valence-electron chi connectivity index (χ1n) is 8.43. The lowest BCUT2D eigenvalue weighted by Crippen LogP contribution is -2.65. The molecule has 8 heteroatoms. The summed E-state index contributed by atoms with van der Waals surface area (Å²) >= 11 is 6.00. The van der Waals surface area contributed by atoms with Crippen LogP contribution in [0, 0.1) is 17.8 Å². The van der Waals surface area contributed by atoms with Crippen molar-refractivity contribution in [3.8, 4) is 0 Å². The van der Waals surface area contributed by atoms with E-state index in [9.17, 15) is 9.90 Å². The molecule has 124 valence electrons. The predicted molar refractivity (Wildman–Crippen MR) is 90.0 cm³/mol. The molecule has 0 aliphatic heterocycles. The van der Waals surface area contributed by atoms with Crippen molar-refractivity contribution < 1.29 is 5.11 Å². The van der Waals surface area contributed by atoms with E-state index in [0.717, 1.165) is 19.3 Å². The first kappa shape index (κ1) is 15.0. The highest BCUT2D eigenvalue weighted by Crippen LogP contribution is 2.61. The fourth-order valence-corrected chi connectivity index (χ4v) is 5.90. The third-order valence-electron chi connectivity index (χ3n) is 6.71. The number of fused-ring (bicyclic) bond motifs is 1. The maximum absolute atomic E-state index is 13.0. The van der Waals surface area contributed by atoms with Gasteiger partial charge >= 0.3 is 5.69 Å². The Bertz CT molecular complexity index is 903. The van der Waals surface area contributed by atoms with Crippen molar-refractivity contribution in [3.63, 3.8) is 0 Å². The van der Waals surface area contributed by atoms with Gasteiger partial charge in [-0.3, -0.25) is 9.13 Å². The van der Waals surface area contributed by atoms with Crippen LogP contribution in [0.25, 0.3) is 11.2 Å². The number of hydrogen-bond acceptors (Lipinski definition) is 4. The van der Waals surface area contributed by atoms with E-state index in [2.05, 4.69) is 9.97 Å². The molecular formula is C16H18BClN4O2. The van der Waals surface area contributed by atoms with E-state index in [1.165, 1.54) is 0 Å². The van der Waals surface area contributed by atoms with E-state index >= 15 is 0 Å². The van der Waals surface area contributed by atoms with Crippen molar-refractivity contribution in [2.75, 3.05) is 0 Å². The molecule has 4 fully saturated rings. The summed E-state index contributed by atoms with van der Waals surface area (Å²) in [5, 5.41) is 10.9. The molecule has 6 rings (SSSR count). The van der Waals surface area contributed by atoms with Gasteiger partial charge in [-0.1, -0.05) is 0 Å². The fraction of sp³-hybridized carbons (Fsp3) is 0.688. The third kappa shape index (κ3) is 1.69. The standard InChI is InChI=1S/C16H18BClN4O2/c1-21-11-7-19-13(18)20-12(11)22(14(21)23)15-4-8-2-9(5-15)16(17,24)10(3-8)6-15/h7-10,24H,2-6H2,1H3. The molecule has 0 aromatic carbocycles. The molecule has 2 heterocycles. The molecule has 0 spiro atoms. The summed E-state index contributed by atoms with van der Waals surface area (Å²) in [6.45, 7) is 0. The average molecular weight is 345 g/mol. The zero-order valence-electron chi connectivity index (χ0n) is 13.4. The molecule has 6 nitrogen and oxygen atoms in total. The minimum absolute atomic E-state index is 0.0308. The predicted octanol–water partition coefficient (Wildman–Crippen LogP) is 1.18. The Morgan fingerprint density at radius 1 is 1.33 bits per heavy atom. The first-order chi connectivity index (χ1) is 11.3. The van der Waals surface area contributed by atoms with Crippen molar-refractivity contribution in [1.82, 2.24) is 19.1 Å². The fourth-order valence-electron chi connectivity index (χ4n) is 5.77. The highest BCUT2D eigenvalue weighted by Gasteiger charge is 2.60. The summed E-state index contributed by atoms with van der Waals surface area (Å²) in [7, 11) is 7.98. The minimum atomic E-state index is -1.11. The van der Waals surface area contributed by atoms with Crippen LogP contribution in [0.3, 0.4) is 0 Å². The Labute approximate surface area is 145 Å². The van der Waals surface area contributed by atoms with E-state index < -0.39 is 5.50 Å². The summed E-state index contributed by atoms with van der Waals surface area (Å²) in [4.78, 5) is 21.4. The Morgan fingerprint density at radius 3 is 2.67 bits per heavy atom. The molecular weight excluding hydrogens is 326 g/mol. The number of aromatic nitrogens is 4. The Morgan fingerprint density at radius 2 is 2.00 bits per heavy atom. The summed E-state index contributed by atoms with van der Waals surface area (Å²) in [6.07, 6.45) is 5.86. The van der Waals surface area contributed by atoms with Gasteiger partial charge in [0.15, 0.2) is 5.65 Å². The first-order valence-corrected chi connectivity index (χ1v) is 8.81. The summed E-state index contributed by atoms with van der Waals surface area (Å²) in [5.41, 5.74) is -0.255. The molecule has 4 saturated carbocycles. The van der Waals surface area contributed by atoms with Gasteiger partial charge in [-0.05, 0) is 61.5 Å². The Balaban J connectivity index is 1.76. The number of nitrogens with zero attached hydrogens (tertiary/aromatic N) is 4. The summed E-state index contributed by atoms with van der Waals surface area (Å²) in [6, 6.07) is 0. The van der Waals surface area contributed by atoms with Gasteiger partial charge < -0.3 is 5.11 Å². The van der Waals surface area contributed by atoms with Gasteiger partial charge in [0.05, 0.1) is 11.7 Å². The Kier molecular flexibility index (Phi) is 2.77. The van der Waals surface area contributed by atoms with Gasteiger partial charge in [0.25, 0.3) is 0 Å². The van der Waals surface area contributed by atoms with Gasteiger partial charge in [0, 0.05) is 12.5 Å². The molecule has 4 aliphatic carbocycles. The molecule has 24 heavy (non-hydrogen) atoms. The molecule has 0 saturated heterocycles. The second-order valence-electron chi connectivity index (χ2n) is 7.98. The lowest BCUT2D eigenvalue weighted by Gasteiger charge is -2.63. The quantitative estimate of drug-likeness (QED) is 0.623. The second-order valence-corrected chi connectivity index (χ2v) is 8.32. The number of aliphatic hydroxyl groups is 1. The smallest absolute Gasteiger partial charge is 0.330 e. The largest absolute Gasteiger partial charge is 0.399 e. The molecule has 2 aromatic rings. The normalized spacial score (nSPS) is 40.5. The second kappa shape index (κ2) is 4.44. The summed E-state index contributed by atoms with van der Waals surface area (Å²) < 4.78 is 3.40. The minimum Gasteiger partial charge on any atom is -0.399 e. The number of halogens is 1. The number of imidazole rings is 1. The van der Waals surface area contributed by atoms with Crippen molar-refractivity contribution in [3.05, 3.63) is 22.0 Å². The number of rotatable bonds is 1. The van der Waals surface area contributed by atoms with E-state index in [4.69, 9.17) is 19.4 Å². The van der Waals surface area contributed by atoms with E-state index in [1.807, 2.05) is 4.57 Å². The molecule has 2 radical (unpaired) electrons. The third-order valence-corrected chi connectivity index (χ3v) is 6.89. The SMILES string of the molecule is [B]C1(O)C2CC3CC1CC(n1c(=O)n(C)c4cnc(Cl)nc41)(C3)C2. The average Bonchev–Trinajstić information content (AvgIpc) is 2.76. The number of hydrogen-bond donors (Lipinski definition) is 1. The van der Waals surface area contributed by atoms with Gasteiger partial charge in [-0.15, -0.1) is 0 Å². The zero-order chi connectivity index (χ0) is 16.9. The lowest BCUT2D eigenvalue weighted by atomic mass is 9.42. The zero-order valence-corrected chi connectivity index (χ0v) is 14.2. The van der Waals surface area contributed by atoms with Crippen LogP contribution in [0.1, 0.15) is 32.1 Å². The van der Waals surface area contributed by atoms with Crippen LogP contribution in [0.5, 0.6) is 0 Å². The van der Waals surface area contributed by atoms with E-state index in [1.54, 1.807) is 17.8 Å². The number of aryl methyl sites for hydroxylation is 1. The van der Waals surface area contributed by atoms with Crippen LogP contribution in [0.4, 0.5) is 0 Å². The Hall–Kier alpha value is -1.34. The van der Waals surface area contributed by atoms with Crippen molar-refractivity contribution >= 4 is 30.6 Å². The van der Waals surface area contributed by atoms with E-state index in [-0.39, 0.29) is 28.3 Å². The summed E-state index contributed by atoms with van der Waals surface area (Å²) in [5.74, 6) is 0.567. The topological polar surface area (TPSA) is 72.9 Å².